The van der Waals surface area contributed by atoms with E-state index in [4.69, 9.17) is 4.74 Å². The molecule has 0 aliphatic carbocycles. The first-order valence-corrected chi connectivity index (χ1v) is 6.62. The zero-order valence-corrected chi connectivity index (χ0v) is 11.4. The van der Waals surface area contributed by atoms with Gasteiger partial charge < -0.3 is 15.4 Å². The van der Waals surface area contributed by atoms with Gasteiger partial charge in [-0.15, -0.1) is 0 Å². The molecule has 0 bridgehead atoms. The van der Waals surface area contributed by atoms with Gasteiger partial charge in [0.25, 0.3) is 0 Å². The minimum absolute atomic E-state index is 0.0863. The number of ether oxygens (including phenoxy) is 1. The van der Waals surface area contributed by atoms with Crippen LogP contribution in [0, 0.1) is 6.92 Å². The number of piperazine rings is 1. The van der Waals surface area contributed by atoms with E-state index in [-0.39, 0.29) is 24.4 Å². The van der Waals surface area contributed by atoms with Crippen LogP contribution in [0.4, 0.5) is 0 Å². The summed E-state index contributed by atoms with van der Waals surface area (Å²) in [5.41, 5.74) is 1.13. The third-order valence-corrected chi connectivity index (χ3v) is 2.99. The zero-order valence-electron chi connectivity index (χ0n) is 11.4. The molecule has 0 spiro atoms. The summed E-state index contributed by atoms with van der Waals surface area (Å²) in [5, 5.41) is 8.29. The smallest absolute Gasteiger partial charge is 0.239 e. The highest BCUT2D eigenvalue weighted by Gasteiger charge is 2.23. The molecule has 20 heavy (non-hydrogen) atoms. The Balaban J connectivity index is 1.65. The number of carbonyl (C=O) groups is 2. The second-order valence-electron chi connectivity index (χ2n) is 4.69. The maximum absolute atomic E-state index is 11.8. The molecule has 1 unspecified atom stereocenters. The molecule has 1 aromatic rings. The summed E-state index contributed by atoms with van der Waals surface area (Å²) in [6, 6.07) is 7.38. The van der Waals surface area contributed by atoms with Crippen molar-refractivity contribution in [2.45, 2.75) is 13.0 Å². The van der Waals surface area contributed by atoms with E-state index in [1.807, 2.05) is 31.2 Å². The molecule has 3 N–H and O–H groups in total. The van der Waals surface area contributed by atoms with Crippen molar-refractivity contribution >= 4 is 11.8 Å². The predicted octanol–water partition coefficient (Wildman–Crippen LogP) is -0.422. The lowest BCUT2D eigenvalue weighted by Gasteiger charge is -2.23. The van der Waals surface area contributed by atoms with Crippen LogP contribution in [-0.2, 0) is 9.59 Å². The number of hydrogen-bond acceptors (Lipinski definition) is 4. The molecule has 0 saturated carbocycles. The lowest BCUT2D eigenvalue weighted by molar-refractivity contribution is -0.126. The summed E-state index contributed by atoms with van der Waals surface area (Å²) in [6.07, 6.45) is 0. The van der Waals surface area contributed by atoms with E-state index >= 15 is 0 Å². The van der Waals surface area contributed by atoms with Gasteiger partial charge in [-0.1, -0.05) is 12.1 Å². The van der Waals surface area contributed by atoms with E-state index < -0.39 is 0 Å². The van der Waals surface area contributed by atoms with E-state index in [1.54, 1.807) is 0 Å². The third-order valence-electron chi connectivity index (χ3n) is 2.99. The SMILES string of the molecule is Cc1cccc(OCCNC(=O)C2CNC(=O)CN2)c1. The summed E-state index contributed by atoms with van der Waals surface area (Å²) in [5.74, 6) is 0.581. The molecule has 1 atom stereocenters. The van der Waals surface area contributed by atoms with Gasteiger partial charge in [-0.2, -0.15) is 0 Å². The van der Waals surface area contributed by atoms with Crippen LogP contribution in [-0.4, -0.2) is 44.1 Å². The van der Waals surface area contributed by atoms with Crippen LogP contribution < -0.4 is 20.7 Å². The fourth-order valence-corrected chi connectivity index (χ4v) is 1.92. The average molecular weight is 277 g/mol. The van der Waals surface area contributed by atoms with E-state index in [1.165, 1.54) is 0 Å². The Bertz CT molecular complexity index is 480. The first kappa shape index (κ1) is 14.3. The summed E-state index contributed by atoms with van der Waals surface area (Å²) in [7, 11) is 0. The molecule has 0 radical (unpaired) electrons. The fourth-order valence-electron chi connectivity index (χ4n) is 1.92. The highest BCUT2D eigenvalue weighted by Crippen LogP contribution is 2.11. The van der Waals surface area contributed by atoms with Crippen molar-refractivity contribution in [2.24, 2.45) is 0 Å². The number of nitrogens with one attached hydrogen (secondary N) is 3. The lowest BCUT2D eigenvalue weighted by atomic mass is 10.2. The monoisotopic (exact) mass is 277 g/mol. The van der Waals surface area contributed by atoms with Gasteiger partial charge in [0.2, 0.25) is 11.8 Å². The van der Waals surface area contributed by atoms with Crippen molar-refractivity contribution < 1.29 is 14.3 Å². The molecule has 6 nitrogen and oxygen atoms in total. The topological polar surface area (TPSA) is 79.5 Å². The van der Waals surface area contributed by atoms with Crippen molar-refractivity contribution in [3.63, 3.8) is 0 Å². The summed E-state index contributed by atoms with van der Waals surface area (Å²) >= 11 is 0. The molecular formula is C14H19N3O3. The van der Waals surface area contributed by atoms with E-state index in [0.717, 1.165) is 11.3 Å². The van der Waals surface area contributed by atoms with Crippen LogP contribution in [0.3, 0.4) is 0 Å². The van der Waals surface area contributed by atoms with Gasteiger partial charge in [0.15, 0.2) is 0 Å². The Morgan fingerprint density at radius 2 is 2.35 bits per heavy atom. The Kier molecular flexibility index (Phi) is 4.95. The molecule has 1 heterocycles. The summed E-state index contributed by atoms with van der Waals surface area (Å²) in [6.45, 7) is 3.34. The molecule has 6 heteroatoms. The molecule has 2 rings (SSSR count). The Hall–Kier alpha value is -2.08. The predicted molar refractivity (Wildman–Crippen MR) is 74.5 cm³/mol. The molecule has 1 aliphatic rings. The number of rotatable bonds is 5. The summed E-state index contributed by atoms with van der Waals surface area (Å²) < 4.78 is 5.54. The molecule has 2 amide bonds. The quantitative estimate of drug-likeness (QED) is 0.639. The highest BCUT2D eigenvalue weighted by molar-refractivity contribution is 5.86. The first-order valence-electron chi connectivity index (χ1n) is 6.62. The van der Waals surface area contributed by atoms with E-state index in [9.17, 15) is 9.59 Å². The standard InChI is InChI=1S/C14H19N3O3/c1-10-3-2-4-11(7-10)20-6-5-15-14(19)12-8-17-13(18)9-16-12/h2-4,7,12,16H,5-6,8-9H2,1H3,(H,15,19)(H,17,18). The van der Waals surface area contributed by atoms with Crippen LogP contribution in [0.1, 0.15) is 5.56 Å². The minimum atomic E-state index is -0.369. The number of hydrogen-bond donors (Lipinski definition) is 3. The Morgan fingerprint density at radius 3 is 3.05 bits per heavy atom. The Labute approximate surface area is 117 Å². The van der Waals surface area contributed by atoms with Crippen LogP contribution >= 0.6 is 0 Å². The van der Waals surface area contributed by atoms with Crippen LogP contribution in [0.5, 0.6) is 5.75 Å². The highest BCUT2D eigenvalue weighted by atomic mass is 16.5. The number of carbonyl (C=O) groups excluding carboxylic acids is 2. The van der Waals surface area contributed by atoms with Gasteiger partial charge in [-0.05, 0) is 24.6 Å². The summed E-state index contributed by atoms with van der Waals surface area (Å²) in [4.78, 5) is 22.7. The molecule has 1 aromatic carbocycles. The number of amides is 2. The van der Waals surface area contributed by atoms with E-state index in [0.29, 0.717) is 19.7 Å². The second kappa shape index (κ2) is 6.91. The molecule has 1 saturated heterocycles. The first-order chi connectivity index (χ1) is 9.65. The fraction of sp³-hybridized carbons (Fsp3) is 0.429. The van der Waals surface area contributed by atoms with Crippen molar-refractivity contribution in [2.75, 3.05) is 26.2 Å². The van der Waals surface area contributed by atoms with Gasteiger partial charge >= 0.3 is 0 Å². The molecule has 1 aliphatic heterocycles. The molecule has 1 fully saturated rings. The number of aryl methyl sites for hydroxylation is 1. The molecule has 108 valence electrons. The van der Waals surface area contributed by atoms with Crippen molar-refractivity contribution in [1.29, 1.82) is 0 Å². The van der Waals surface area contributed by atoms with Crippen molar-refractivity contribution in [1.82, 2.24) is 16.0 Å². The maximum atomic E-state index is 11.8. The Morgan fingerprint density at radius 1 is 1.50 bits per heavy atom. The van der Waals surface area contributed by atoms with Crippen molar-refractivity contribution in [3.05, 3.63) is 29.8 Å². The van der Waals surface area contributed by atoms with Gasteiger partial charge in [-0.25, -0.2) is 0 Å². The molecule has 0 aromatic heterocycles. The number of benzene rings is 1. The maximum Gasteiger partial charge on any atom is 0.239 e. The molecular weight excluding hydrogens is 258 g/mol. The average Bonchev–Trinajstić information content (AvgIpc) is 2.44. The van der Waals surface area contributed by atoms with Gasteiger partial charge in [0, 0.05) is 6.54 Å². The van der Waals surface area contributed by atoms with Crippen molar-refractivity contribution in [3.8, 4) is 5.75 Å². The van der Waals surface area contributed by atoms with Gasteiger partial charge in [0.1, 0.15) is 18.4 Å². The third kappa shape index (κ3) is 4.24. The normalized spacial score (nSPS) is 18.2. The van der Waals surface area contributed by atoms with Crippen LogP contribution in [0.2, 0.25) is 0 Å². The zero-order chi connectivity index (χ0) is 14.4. The van der Waals surface area contributed by atoms with Gasteiger partial charge in [-0.3, -0.25) is 14.9 Å². The largest absolute Gasteiger partial charge is 0.492 e. The van der Waals surface area contributed by atoms with Crippen LogP contribution in [0.25, 0.3) is 0 Å². The minimum Gasteiger partial charge on any atom is -0.492 e. The van der Waals surface area contributed by atoms with Crippen LogP contribution in [0.15, 0.2) is 24.3 Å². The van der Waals surface area contributed by atoms with Gasteiger partial charge in [0.05, 0.1) is 13.1 Å². The second-order valence-corrected chi connectivity index (χ2v) is 4.69. The lowest BCUT2D eigenvalue weighted by Crippen LogP contribution is -2.58. The van der Waals surface area contributed by atoms with E-state index in [2.05, 4.69) is 16.0 Å².